The summed E-state index contributed by atoms with van der Waals surface area (Å²) in [5, 5.41) is 0. The predicted molar refractivity (Wildman–Crippen MR) is 76.6 cm³/mol. The van der Waals surface area contributed by atoms with Crippen LogP contribution in [0.4, 0.5) is 4.39 Å². The zero-order valence-corrected chi connectivity index (χ0v) is 12.9. The van der Waals surface area contributed by atoms with Gasteiger partial charge in [0.15, 0.2) is 0 Å². The monoisotopic (exact) mass is 328 g/mol. The fraction of sp³-hybridized carbons (Fsp3) is 0.500. The number of hydrogen-bond donors (Lipinski definition) is 0. The average molecular weight is 329 g/mol. The number of nitrogens with zero attached hydrogens (tertiary/aromatic N) is 2. The highest BCUT2D eigenvalue weighted by molar-refractivity contribution is 9.10. The van der Waals surface area contributed by atoms with Crippen molar-refractivity contribution in [2.24, 2.45) is 5.92 Å². The van der Waals surface area contributed by atoms with E-state index in [1.54, 1.807) is 17.0 Å². The van der Waals surface area contributed by atoms with Gasteiger partial charge in [-0.1, -0.05) is 6.92 Å². The molecule has 1 aromatic rings. The number of halogens is 2. The van der Waals surface area contributed by atoms with Crippen molar-refractivity contribution in [3.63, 3.8) is 0 Å². The third-order valence-electron chi connectivity index (χ3n) is 3.69. The topological polar surface area (TPSA) is 23.6 Å². The van der Waals surface area contributed by atoms with E-state index in [1.165, 1.54) is 6.07 Å². The van der Waals surface area contributed by atoms with Gasteiger partial charge in [-0.15, -0.1) is 0 Å². The van der Waals surface area contributed by atoms with Gasteiger partial charge < -0.3 is 9.80 Å². The van der Waals surface area contributed by atoms with Gasteiger partial charge in [-0.05, 0) is 54.1 Å². The standard InChI is InChI=1S/C14H18BrFN2O/c1-9-7-18(8-13(9)17(2)3)14(19)10-4-5-11(15)12(16)6-10/h4-6,9,13H,7-8H2,1-3H3. The smallest absolute Gasteiger partial charge is 0.254 e. The zero-order chi connectivity index (χ0) is 14.2. The molecule has 0 bridgehead atoms. The first-order valence-electron chi connectivity index (χ1n) is 6.31. The Morgan fingerprint density at radius 1 is 1.42 bits per heavy atom. The summed E-state index contributed by atoms with van der Waals surface area (Å²) in [6.07, 6.45) is 0. The maximum Gasteiger partial charge on any atom is 0.254 e. The van der Waals surface area contributed by atoms with Gasteiger partial charge in [0, 0.05) is 24.7 Å². The quantitative estimate of drug-likeness (QED) is 0.833. The molecule has 19 heavy (non-hydrogen) atoms. The van der Waals surface area contributed by atoms with E-state index in [2.05, 4.69) is 27.8 Å². The van der Waals surface area contributed by atoms with E-state index >= 15 is 0 Å². The largest absolute Gasteiger partial charge is 0.337 e. The second-order valence-electron chi connectivity index (χ2n) is 5.35. The first kappa shape index (κ1) is 14.5. The van der Waals surface area contributed by atoms with Crippen LogP contribution in [0.5, 0.6) is 0 Å². The van der Waals surface area contributed by atoms with Crippen LogP contribution in [0.25, 0.3) is 0 Å². The SMILES string of the molecule is CC1CN(C(=O)c2ccc(Br)c(F)c2)CC1N(C)C. The second-order valence-corrected chi connectivity index (χ2v) is 6.20. The average Bonchev–Trinajstić information content (AvgIpc) is 2.74. The molecule has 0 aromatic heterocycles. The van der Waals surface area contributed by atoms with Gasteiger partial charge in [0.25, 0.3) is 5.91 Å². The molecular weight excluding hydrogens is 311 g/mol. The Labute approximate surface area is 121 Å². The molecule has 3 nitrogen and oxygen atoms in total. The summed E-state index contributed by atoms with van der Waals surface area (Å²) >= 11 is 3.09. The van der Waals surface area contributed by atoms with Gasteiger partial charge in [0.05, 0.1) is 4.47 Å². The third-order valence-corrected chi connectivity index (χ3v) is 4.33. The summed E-state index contributed by atoms with van der Waals surface area (Å²) in [6.45, 7) is 3.56. The molecule has 1 aliphatic rings. The highest BCUT2D eigenvalue weighted by Crippen LogP contribution is 2.23. The van der Waals surface area contributed by atoms with E-state index < -0.39 is 5.82 Å². The lowest BCUT2D eigenvalue weighted by molar-refractivity contribution is 0.0781. The van der Waals surface area contributed by atoms with Crippen LogP contribution in [0.15, 0.2) is 22.7 Å². The summed E-state index contributed by atoms with van der Waals surface area (Å²) in [7, 11) is 4.04. The summed E-state index contributed by atoms with van der Waals surface area (Å²) in [5.41, 5.74) is 0.410. The van der Waals surface area contributed by atoms with Crippen LogP contribution < -0.4 is 0 Å². The Hall–Kier alpha value is -0.940. The Morgan fingerprint density at radius 3 is 2.63 bits per heavy atom. The maximum absolute atomic E-state index is 13.5. The van der Waals surface area contributed by atoms with Gasteiger partial charge in [-0.2, -0.15) is 0 Å². The molecule has 0 radical (unpaired) electrons. The minimum atomic E-state index is -0.401. The minimum absolute atomic E-state index is 0.0948. The number of likely N-dealkylation sites (N-methyl/N-ethyl adjacent to an activating group) is 1. The maximum atomic E-state index is 13.5. The van der Waals surface area contributed by atoms with E-state index in [4.69, 9.17) is 0 Å². The molecule has 0 N–H and O–H groups in total. The lowest BCUT2D eigenvalue weighted by atomic mass is 10.1. The normalized spacial score (nSPS) is 23.2. The van der Waals surface area contributed by atoms with Crippen LogP contribution in [0.3, 0.4) is 0 Å². The van der Waals surface area contributed by atoms with Crippen molar-refractivity contribution in [1.82, 2.24) is 9.80 Å². The Kier molecular flexibility index (Phi) is 4.26. The number of hydrogen-bond acceptors (Lipinski definition) is 2. The molecular formula is C14H18BrFN2O. The van der Waals surface area contributed by atoms with Gasteiger partial charge >= 0.3 is 0 Å². The van der Waals surface area contributed by atoms with Crippen molar-refractivity contribution < 1.29 is 9.18 Å². The summed E-state index contributed by atoms with van der Waals surface area (Å²) in [4.78, 5) is 16.3. The van der Waals surface area contributed by atoms with Crippen molar-refractivity contribution in [2.45, 2.75) is 13.0 Å². The number of rotatable bonds is 2. The lowest BCUT2D eigenvalue weighted by Crippen LogP contribution is -2.35. The molecule has 2 unspecified atom stereocenters. The Balaban J connectivity index is 2.15. The van der Waals surface area contributed by atoms with Crippen molar-refractivity contribution in [3.05, 3.63) is 34.1 Å². The molecule has 5 heteroatoms. The van der Waals surface area contributed by atoms with Crippen molar-refractivity contribution in [1.29, 1.82) is 0 Å². The minimum Gasteiger partial charge on any atom is -0.337 e. The van der Waals surface area contributed by atoms with E-state index in [0.717, 1.165) is 6.54 Å². The van der Waals surface area contributed by atoms with Crippen LogP contribution in [-0.4, -0.2) is 48.9 Å². The second kappa shape index (κ2) is 5.59. The van der Waals surface area contributed by atoms with Gasteiger partial charge in [0.2, 0.25) is 0 Å². The predicted octanol–water partition coefficient (Wildman–Crippen LogP) is 2.61. The summed E-state index contributed by atoms with van der Waals surface area (Å²) < 4.78 is 13.9. The molecule has 0 saturated carbocycles. The van der Waals surface area contributed by atoms with Crippen LogP contribution in [0, 0.1) is 11.7 Å². The lowest BCUT2D eigenvalue weighted by Gasteiger charge is -2.22. The van der Waals surface area contributed by atoms with Gasteiger partial charge in [-0.3, -0.25) is 4.79 Å². The number of benzene rings is 1. The molecule has 104 valence electrons. The zero-order valence-electron chi connectivity index (χ0n) is 11.4. The molecule has 1 aliphatic heterocycles. The summed E-state index contributed by atoms with van der Waals surface area (Å²) in [5.74, 6) is -0.0656. The third kappa shape index (κ3) is 2.98. The number of carbonyl (C=O) groups is 1. The van der Waals surface area contributed by atoms with Crippen molar-refractivity contribution in [2.75, 3.05) is 27.2 Å². The first-order chi connectivity index (χ1) is 8.90. The van der Waals surface area contributed by atoms with Gasteiger partial charge in [-0.25, -0.2) is 4.39 Å². The van der Waals surface area contributed by atoms with E-state index in [9.17, 15) is 9.18 Å². The molecule has 0 aliphatic carbocycles. The van der Waals surface area contributed by atoms with Crippen molar-refractivity contribution in [3.8, 4) is 0 Å². The number of carbonyl (C=O) groups excluding carboxylic acids is 1. The highest BCUT2D eigenvalue weighted by atomic mass is 79.9. The van der Waals surface area contributed by atoms with E-state index in [-0.39, 0.29) is 5.91 Å². The number of likely N-dealkylation sites (tertiary alicyclic amines) is 1. The molecule has 1 heterocycles. The van der Waals surface area contributed by atoms with Crippen LogP contribution in [0.2, 0.25) is 0 Å². The molecule has 1 amide bonds. The van der Waals surface area contributed by atoms with Crippen LogP contribution >= 0.6 is 15.9 Å². The fourth-order valence-electron chi connectivity index (χ4n) is 2.60. The molecule has 1 saturated heterocycles. The molecule has 2 rings (SSSR count). The molecule has 1 aromatic carbocycles. The molecule has 1 fully saturated rings. The van der Waals surface area contributed by atoms with Gasteiger partial charge in [0.1, 0.15) is 5.82 Å². The van der Waals surface area contributed by atoms with Crippen molar-refractivity contribution >= 4 is 21.8 Å². The Bertz CT molecular complexity index is 492. The van der Waals surface area contributed by atoms with E-state index in [1.807, 2.05) is 14.1 Å². The van der Waals surface area contributed by atoms with E-state index in [0.29, 0.717) is 28.5 Å². The highest BCUT2D eigenvalue weighted by Gasteiger charge is 2.34. The molecule has 2 atom stereocenters. The molecule has 0 spiro atoms. The summed E-state index contributed by atoms with van der Waals surface area (Å²) in [6, 6.07) is 4.89. The van der Waals surface area contributed by atoms with Crippen LogP contribution in [-0.2, 0) is 0 Å². The fourth-order valence-corrected chi connectivity index (χ4v) is 2.85. The number of amides is 1. The van der Waals surface area contributed by atoms with Crippen LogP contribution in [0.1, 0.15) is 17.3 Å². The first-order valence-corrected chi connectivity index (χ1v) is 7.10. The Morgan fingerprint density at radius 2 is 2.11 bits per heavy atom.